The number of rotatable bonds is 2. The smallest absolute Gasteiger partial charge is 0.208 e. The molecule has 2 rings (SSSR count). The second-order valence-electron chi connectivity index (χ2n) is 3.67. The Morgan fingerprint density at radius 1 is 0.778 bits per heavy atom. The lowest BCUT2D eigenvalue weighted by Gasteiger charge is -2.14. The van der Waals surface area contributed by atoms with E-state index >= 15 is 0 Å². The summed E-state index contributed by atoms with van der Waals surface area (Å²) in [5, 5.41) is 38.9. The Morgan fingerprint density at radius 3 is 1.94 bits per heavy atom. The number of phenolic OH excluding ortho intramolecular Hbond substituents is 4. The molecule has 0 aliphatic carbocycles. The Balaban J connectivity index is 2.80. The molecule has 0 fully saturated rings. The predicted molar refractivity (Wildman–Crippen MR) is 65.1 cm³/mol. The van der Waals surface area contributed by atoms with Crippen molar-refractivity contribution in [2.75, 3.05) is 7.11 Å². The molecule has 5 heteroatoms. The van der Waals surface area contributed by atoms with Gasteiger partial charge in [-0.2, -0.15) is 0 Å². The van der Waals surface area contributed by atoms with Crippen molar-refractivity contribution >= 4 is 0 Å². The monoisotopic (exact) mass is 248 g/mol. The van der Waals surface area contributed by atoms with Crippen LogP contribution in [0.2, 0.25) is 0 Å². The zero-order valence-electron chi connectivity index (χ0n) is 9.58. The first-order valence-electron chi connectivity index (χ1n) is 5.17. The lowest BCUT2D eigenvalue weighted by molar-refractivity contribution is 0.318. The number of aromatic hydroxyl groups is 4. The zero-order valence-corrected chi connectivity index (χ0v) is 9.58. The second kappa shape index (κ2) is 4.37. The maximum atomic E-state index is 9.97. The Bertz CT molecular complexity index is 578. The molecule has 0 atom stereocenters. The molecule has 94 valence electrons. The third-order valence-electron chi connectivity index (χ3n) is 2.62. The summed E-state index contributed by atoms with van der Waals surface area (Å²) >= 11 is 0. The number of hydrogen-bond acceptors (Lipinski definition) is 5. The van der Waals surface area contributed by atoms with Crippen LogP contribution in [0.25, 0.3) is 11.1 Å². The SMILES string of the molecule is COc1c(O)c(O)c(O)c(-c2ccccc2)c1O. The molecule has 0 amide bonds. The van der Waals surface area contributed by atoms with Crippen LogP contribution in [0.1, 0.15) is 0 Å². The van der Waals surface area contributed by atoms with Gasteiger partial charge in [0.15, 0.2) is 11.5 Å². The van der Waals surface area contributed by atoms with Crippen molar-refractivity contribution in [1.82, 2.24) is 0 Å². The average molecular weight is 248 g/mol. The second-order valence-corrected chi connectivity index (χ2v) is 3.67. The summed E-state index contributed by atoms with van der Waals surface area (Å²) in [6.45, 7) is 0. The van der Waals surface area contributed by atoms with Gasteiger partial charge in [0, 0.05) is 0 Å². The van der Waals surface area contributed by atoms with Gasteiger partial charge in [-0.1, -0.05) is 30.3 Å². The quantitative estimate of drug-likeness (QED) is 0.483. The van der Waals surface area contributed by atoms with E-state index < -0.39 is 23.0 Å². The van der Waals surface area contributed by atoms with Crippen LogP contribution >= 0.6 is 0 Å². The van der Waals surface area contributed by atoms with Crippen molar-refractivity contribution in [3.8, 4) is 39.9 Å². The van der Waals surface area contributed by atoms with E-state index in [1.165, 1.54) is 7.11 Å². The van der Waals surface area contributed by atoms with Gasteiger partial charge in [-0.25, -0.2) is 0 Å². The third kappa shape index (κ3) is 1.66. The third-order valence-corrected chi connectivity index (χ3v) is 2.62. The van der Waals surface area contributed by atoms with Gasteiger partial charge in [-0.15, -0.1) is 0 Å². The highest BCUT2D eigenvalue weighted by Gasteiger charge is 2.24. The van der Waals surface area contributed by atoms with Gasteiger partial charge in [0.2, 0.25) is 17.2 Å². The molecule has 0 saturated heterocycles. The number of phenols is 4. The highest BCUT2D eigenvalue weighted by Crippen LogP contribution is 2.54. The maximum Gasteiger partial charge on any atom is 0.208 e. The molecule has 2 aromatic carbocycles. The number of benzene rings is 2. The first-order valence-corrected chi connectivity index (χ1v) is 5.17. The highest BCUT2D eigenvalue weighted by atomic mass is 16.5. The number of ether oxygens (including phenoxy) is 1. The number of hydrogen-bond donors (Lipinski definition) is 4. The van der Waals surface area contributed by atoms with Crippen molar-refractivity contribution in [2.24, 2.45) is 0 Å². The molecule has 0 aliphatic rings. The largest absolute Gasteiger partial charge is 0.504 e. The fourth-order valence-corrected chi connectivity index (χ4v) is 1.75. The molecule has 0 aromatic heterocycles. The molecule has 0 radical (unpaired) electrons. The summed E-state index contributed by atoms with van der Waals surface area (Å²) in [6, 6.07) is 8.49. The molecular formula is C13H12O5. The highest BCUT2D eigenvalue weighted by molar-refractivity contribution is 5.85. The summed E-state index contributed by atoms with van der Waals surface area (Å²) in [7, 11) is 1.24. The van der Waals surface area contributed by atoms with Crippen LogP contribution in [0.5, 0.6) is 28.7 Å². The molecule has 0 heterocycles. The summed E-state index contributed by atoms with van der Waals surface area (Å²) in [5.41, 5.74) is 0.490. The molecule has 0 saturated carbocycles. The van der Waals surface area contributed by atoms with Crippen molar-refractivity contribution in [1.29, 1.82) is 0 Å². The fourth-order valence-electron chi connectivity index (χ4n) is 1.75. The van der Waals surface area contributed by atoms with E-state index in [0.29, 0.717) is 5.56 Å². The molecular weight excluding hydrogens is 236 g/mol. The van der Waals surface area contributed by atoms with Gasteiger partial charge in [0.05, 0.1) is 12.7 Å². The summed E-state index contributed by atoms with van der Waals surface area (Å²) in [6.07, 6.45) is 0. The first kappa shape index (κ1) is 11.9. The Kier molecular flexibility index (Phi) is 2.89. The van der Waals surface area contributed by atoms with Crippen LogP contribution < -0.4 is 4.74 Å². The minimum atomic E-state index is -0.733. The lowest BCUT2D eigenvalue weighted by Crippen LogP contribution is -1.89. The molecule has 5 nitrogen and oxygen atoms in total. The van der Waals surface area contributed by atoms with Crippen LogP contribution in [0, 0.1) is 0 Å². The maximum absolute atomic E-state index is 9.97. The molecule has 4 N–H and O–H groups in total. The first-order chi connectivity index (χ1) is 8.57. The van der Waals surface area contributed by atoms with Crippen LogP contribution in [0.4, 0.5) is 0 Å². The van der Waals surface area contributed by atoms with Gasteiger partial charge in [-0.05, 0) is 5.56 Å². The topological polar surface area (TPSA) is 90.2 Å². The molecule has 18 heavy (non-hydrogen) atoms. The average Bonchev–Trinajstić information content (AvgIpc) is 2.38. The van der Waals surface area contributed by atoms with Crippen molar-refractivity contribution < 1.29 is 25.2 Å². The van der Waals surface area contributed by atoms with E-state index in [1.807, 2.05) is 0 Å². The van der Waals surface area contributed by atoms with E-state index in [2.05, 4.69) is 0 Å². The van der Waals surface area contributed by atoms with Crippen LogP contribution in [0.15, 0.2) is 30.3 Å². The van der Waals surface area contributed by atoms with Crippen molar-refractivity contribution in [3.63, 3.8) is 0 Å². The zero-order chi connectivity index (χ0) is 13.3. The molecule has 0 aliphatic heterocycles. The fraction of sp³-hybridized carbons (Fsp3) is 0.0769. The van der Waals surface area contributed by atoms with Gasteiger partial charge in [-0.3, -0.25) is 0 Å². The summed E-state index contributed by atoms with van der Waals surface area (Å²) in [5.74, 6) is -2.76. The summed E-state index contributed by atoms with van der Waals surface area (Å²) in [4.78, 5) is 0. The lowest BCUT2D eigenvalue weighted by atomic mass is 10.0. The van der Waals surface area contributed by atoms with E-state index in [-0.39, 0.29) is 11.3 Å². The molecule has 0 spiro atoms. The van der Waals surface area contributed by atoms with E-state index in [4.69, 9.17) is 4.74 Å². The number of methoxy groups -OCH3 is 1. The molecule has 0 bridgehead atoms. The summed E-state index contributed by atoms with van der Waals surface area (Å²) < 4.78 is 4.80. The normalized spacial score (nSPS) is 10.3. The minimum Gasteiger partial charge on any atom is -0.504 e. The Morgan fingerprint density at radius 2 is 1.39 bits per heavy atom. The molecule has 2 aromatic rings. The van der Waals surface area contributed by atoms with E-state index in [1.54, 1.807) is 30.3 Å². The van der Waals surface area contributed by atoms with Gasteiger partial charge >= 0.3 is 0 Å². The molecule has 0 unspecified atom stereocenters. The van der Waals surface area contributed by atoms with Gasteiger partial charge in [0.25, 0.3) is 0 Å². The van der Waals surface area contributed by atoms with E-state index in [0.717, 1.165) is 0 Å². The predicted octanol–water partition coefficient (Wildman–Crippen LogP) is 2.18. The van der Waals surface area contributed by atoms with Gasteiger partial charge in [0.1, 0.15) is 0 Å². The van der Waals surface area contributed by atoms with Crippen molar-refractivity contribution in [2.45, 2.75) is 0 Å². The van der Waals surface area contributed by atoms with Crippen LogP contribution in [-0.2, 0) is 0 Å². The Labute approximate surface area is 103 Å². The van der Waals surface area contributed by atoms with Crippen LogP contribution in [-0.4, -0.2) is 27.5 Å². The Hall–Kier alpha value is -2.56. The minimum absolute atomic E-state index is 0.00255. The van der Waals surface area contributed by atoms with Crippen LogP contribution in [0.3, 0.4) is 0 Å². The van der Waals surface area contributed by atoms with Gasteiger partial charge < -0.3 is 25.2 Å². The standard InChI is InChI=1S/C13H12O5/c1-18-13-10(15)8(7-5-3-2-4-6-7)9(14)11(16)12(13)17/h2-6,14-17H,1H3. The van der Waals surface area contributed by atoms with Crippen molar-refractivity contribution in [3.05, 3.63) is 30.3 Å². The van der Waals surface area contributed by atoms with E-state index in [9.17, 15) is 20.4 Å².